The minimum absolute atomic E-state index is 0.00624. The number of nitrogens with two attached hydrogens (primary N) is 1. The van der Waals surface area contributed by atoms with Gasteiger partial charge in [-0.1, -0.05) is 47.6 Å². The zero-order chi connectivity index (χ0) is 19.7. The van der Waals surface area contributed by atoms with Gasteiger partial charge in [0.05, 0.1) is 12.1 Å². The Bertz CT molecular complexity index is 942. The van der Waals surface area contributed by atoms with Gasteiger partial charge in [-0.25, -0.2) is 0 Å². The van der Waals surface area contributed by atoms with Crippen molar-refractivity contribution in [1.82, 2.24) is 15.0 Å². The van der Waals surface area contributed by atoms with Gasteiger partial charge in [-0.05, 0) is 17.7 Å². The summed E-state index contributed by atoms with van der Waals surface area (Å²) in [5.41, 5.74) is 7.01. The van der Waals surface area contributed by atoms with E-state index < -0.39 is 11.7 Å². The Kier molecular flexibility index (Phi) is 4.91. The van der Waals surface area contributed by atoms with E-state index in [1.165, 1.54) is 17.7 Å². The van der Waals surface area contributed by atoms with Crippen LogP contribution in [-0.2, 0) is 12.7 Å². The first kappa shape index (κ1) is 18.6. The average Bonchev–Trinajstić information content (AvgIpc) is 3.29. The van der Waals surface area contributed by atoms with Crippen molar-refractivity contribution in [3.05, 3.63) is 71.6 Å². The van der Waals surface area contributed by atoms with Gasteiger partial charge in [0.25, 0.3) is 0 Å². The number of hydrogen-bond acceptors (Lipinski definition) is 5. The fourth-order valence-corrected chi connectivity index (χ4v) is 3.56. The maximum Gasteiger partial charge on any atom is 0.416 e. The summed E-state index contributed by atoms with van der Waals surface area (Å²) in [6.07, 6.45) is -4.42. The Hall–Kier alpha value is -2.71. The van der Waals surface area contributed by atoms with Gasteiger partial charge in [-0.15, -0.1) is 0 Å². The van der Waals surface area contributed by atoms with Crippen LogP contribution in [0.3, 0.4) is 0 Å². The molecular formula is C20H19F3N4O. The molecule has 2 N–H and O–H groups in total. The third kappa shape index (κ3) is 3.93. The summed E-state index contributed by atoms with van der Waals surface area (Å²) >= 11 is 0. The molecule has 0 aliphatic carbocycles. The Morgan fingerprint density at radius 2 is 1.86 bits per heavy atom. The number of alkyl halides is 3. The second-order valence-corrected chi connectivity index (χ2v) is 6.97. The molecule has 0 spiro atoms. The smallest absolute Gasteiger partial charge is 0.338 e. The zero-order valence-corrected chi connectivity index (χ0v) is 14.9. The minimum Gasteiger partial charge on any atom is -0.338 e. The molecule has 5 nitrogen and oxygen atoms in total. The van der Waals surface area contributed by atoms with Crippen LogP contribution in [0.25, 0.3) is 11.4 Å². The minimum atomic E-state index is -4.42. The topological polar surface area (TPSA) is 68.2 Å². The van der Waals surface area contributed by atoms with Crippen molar-refractivity contribution in [1.29, 1.82) is 0 Å². The molecule has 4 rings (SSSR count). The van der Waals surface area contributed by atoms with Crippen LogP contribution in [0, 0.1) is 0 Å². The van der Waals surface area contributed by atoms with Crippen molar-refractivity contribution in [3.63, 3.8) is 0 Å². The molecule has 28 heavy (non-hydrogen) atoms. The highest BCUT2D eigenvalue weighted by atomic mass is 19.4. The van der Waals surface area contributed by atoms with E-state index in [0.29, 0.717) is 19.0 Å². The molecule has 2 atom stereocenters. The molecule has 1 aliphatic heterocycles. The molecule has 1 saturated heterocycles. The lowest BCUT2D eigenvalue weighted by Gasteiger charge is -2.14. The average molecular weight is 388 g/mol. The Balaban J connectivity index is 1.46. The van der Waals surface area contributed by atoms with Crippen LogP contribution in [0.1, 0.15) is 22.9 Å². The van der Waals surface area contributed by atoms with Gasteiger partial charge in [0, 0.05) is 30.6 Å². The first-order chi connectivity index (χ1) is 13.4. The largest absolute Gasteiger partial charge is 0.416 e. The van der Waals surface area contributed by atoms with E-state index in [1.807, 2.05) is 18.2 Å². The number of hydrogen-bond donors (Lipinski definition) is 1. The van der Waals surface area contributed by atoms with E-state index in [-0.39, 0.29) is 23.3 Å². The van der Waals surface area contributed by atoms with Crippen molar-refractivity contribution < 1.29 is 17.7 Å². The first-order valence-corrected chi connectivity index (χ1v) is 8.93. The maximum atomic E-state index is 12.9. The highest BCUT2D eigenvalue weighted by molar-refractivity contribution is 5.55. The number of likely N-dealkylation sites (tertiary alicyclic amines) is 1. The molecule has 2 aromatic carbocycles. The number of benzene rings is 2. The second-order valence-electron chi connectivity index (χ2n) is 6.97. The molecule has 0 amide bonds. The lowest BCUT2D eigenvalue weighted by molar-refractivity contribution is -0.137. The van der Waals surface area contributed by atoms with Crippen molar-refractivity contribution >= 4 is 0 Å². The summed E-state index contributed by atoms with van der Waals surface area (Å²) in [5.74, 6) is 0.713. The Labute approximate surface area is 160 Å². The Morgan fingerprint density at radius 3 is 2.61 bits per heavy atom. The molecule has 1 aliphatic rings. The van der Waals surface area contributed by atoms with E-state index in [9.17, 15) is 13.2 Å². The molecule has 8 heteroatoms. The first-order valence-electron chi connectivity index (χ1n) is 8.93. The normalized spacial score (nSPS) is 20.6. The molecule has 0 saturated carbocycles. The van der Waals surface area contributed by atoms with Crippen LogP contribution in [0.2, 0.25) is 0 Å². The van der Waals surface area contributed by atoms with Crippen LogP contribution >= 0.6 is 0 Å². The van der Waals surface area contributed by atoms with Crippen LogP contribution in [-0.4, -0.2) is 34.2 Å². The van der Waals surface area contributed by atoms with Crippen molar-refractivity contribution in [2.75, 3.05) is 13.1 Å². The second kappa shape index (κ2) is 7.37. The molecule has 0 bridgehead atoms. The molecular weight excluding hydrogens is 369 g/mol. The summed E-state index contributed by atoms with van der Waals surface area (Å²) < 4.78 is 43.9. The van der Waals surface area contributed by atoms with Gasteiger partial charge in [-0.3, -0.25) is 4.90 Å². The van der Waals surface area contributed by atoms with E-state index in [1.54, 1.807) is 0 Å². The molecule has 3 aromatic rings. The molecule has 1 aromatic heterocycles. The predicted molar refractivity (Wildman–Crippen MR) is 97.2 cm³/mol. The van der Waals surface area contributed by atoms with Crippen molar-refractivity contribution in [3.8, 4) is 11.4 Å². The summed E-state index contributed by atoms with van der Waals surface area (Å²) in [6, 6.07) is 15.0. The van der Waals surface area contributed by atoms with E-state index in [2.05, 4.69) is 27.2 Å². The molecule has 2 heterocycles. The highest BCUT2D eigenvalue weighted by Crippen LogP contribution is 2.32. The van der Waals surface area contributed by atoms with Crippen LogP contribution in [0.15, 0.2) is 59.1 Å². The van der Waals surface area contributed by atoms with E-state index in [4.69, 9.17) is 10.3 Å². The maximum absolute atomic E-state index is 12.9. The fraction of sp³-hybridized carbons (Fsp3) is 0.300. The van der Waals surface area contributed by atoms with Gasteiger partial charge in [0.15, 0.2) is 0 Å². The fourth-order valence-electron chi connectivity index (χ4n) is 3.56. The molecule has 1 fully saturated rings. The third-order valence-corrected chi connectivity index (χ3v) is 4.94. The number of rotatable bonds is 4. The summed E-state index contributed by atoms with van der Waals surface area (Å²) in [4.78, 5) is 6.38. The highest BCUT2D eigenvalue weighted by Gasteiger charge is 2.33. The molecule has 0 unspecified atom stereocenters. The van der Waals surface area contributed by atoms with Crippen LogP contribution < -0.4 is 5.73 Å². The van der Waals surface area contributed by atoms with Crippen molar-refractivity contribution in [2.45, 2.75) is 24.7 Å². The monoisotopic (exact) mass is 388 g/mol. The van der Waals surface area contributed by atoms with Gasteiger partial charge in [0.1, 0.15) is 0 Å². The summed E-state index contributed by atoms with van der Waals surface area (Å²) in [5, 5.41) is 3.84. The quantitative estimate of drug-likeness (QED) is 0.738. The SMILES string of the molecule is N[C@@H]1CN(Cc2nc(-c3cccc(C(F)(F)F)c3)no2)C[C@H]1c1ccccc1. The molecule has 146 valence electrons. The van der Waals surface area contributed by atoms with Gasteiger partial charge in [0.2, 0.25) is 11.7 Å². The summed E-state index contributed by atoms with van der Waals surface area (Å²) in [7, 11) is 0. The van der Waals surface area contributed by atoms with Crippen LogP contribution in [0.4, 0.5) is 13.2 Å². The zero-order valence-electron chi connectivity index (χ0n) is 14.9. The number of nitrogens with zero attached hydrogens (tertiary/aromatic N) is 3. The Morgan fingerprint density at radius 1 is 1.07 bits per heavy atom. The van der Waals surface area contributed by atoms with Gasteiger partial charge < -0.3 is 10.3 Å². The summed E-state index contributed by atoms with van der Waals surface area (Å²) in [6.45, 7) is 1.84. The molecule has 0 radical (unpaired) electrons. The third-order valence-electron chi connectivity index (χ3n) is 4.94. The predicted octanol–water partition coefficient (Wildman–Crippen LogP) is 3.68. The standard InChI is InChI=1S/C20H19F3N4O/c21-20(22,23)15-8-4-7-14(9-15)19-25-18(28-26-19)12-27-10-16(17(24)11-27)13-5-2-1-3-6-13/h1-9,16-17H,10-12,24H2/t16-,17+/m0/s1. The van der Waals surface area contributed by atoms with Crippen molar-refractivity contribution in [2.24, 2.45) is 5.73 Å². The lowest BCUT2D eigenvalue weighted by Crippen LogP contribution is -2.28. The van der Waals surface area contributed by atoms with Crippen LogP contribution in [0.5, 0.6) is 0 Å². The van der Waals surface area contributed by atoms with Gasteiger partial charge >= 0.3 is 6.18 Å². The number of halogens is 3. The van der Waals surface area contributed by atoms with Gasteiger partial charge in [-0.2, -0.15) is 18.2 Å². The lowest BCUT2D eigenvalue weighted by atomic mass is 9.95. The number of aromatic nitrogens is 2. The van der Waals surface area contributed by atoms with E-state index >= 15 is 0 Å². The van der Waals surface area contributed by atoms with E-state index in [0.717, 1.165) is 18.7 Å².